The molecule has 7 heteroatoms. The van der Waals surface area contributed by atoms with Crippen LogP contribution in [0.15, 0.2) is 47.6 Å². The largest absolute Gasteiger partial charge is 0.274 e. The van der Waals surface area contributed by atoms with Crippen LogP contribution in [0.1, 0.15) is 11.4 Å². The number of thioether (sulfide) groups is 1. The fourth-order valence-electron chi connectivity index (χ4n) is 2.15. The first-order chi connectivity index (χ1) is 11.1. The molecule has 2 aromatic carbocycles. The van der Waals surface area contributed by atoms with E-state index in [-0.39, 0.29) is 11.3 Å². The average molecular weight is 352 g/mol. The molecule has 0 fully saturated rings. The summed E-state index contributed by atoms with van der Waals surface area (Å²) in [6, 6.07) is 11.4. The van der Waals surface area contributed by atoms with E-state index in [4.69, 9.17) is 11.6 Å². The van der Waals surface area contributed by atoms with Crippen LogP contribution in [-0.2, 0) is 5.75 Å². The van der Waals surface area contributed by atoms with Gasteiger partial charge in [-0.3, -0.25) is 4.57 Å². The van der Waals surface area contributed by atoms with Crippen molar-refractivity contribution < 1.29 is 8.78 Å². The smallest absolute Gasteiger partial charge is 0.196 e. The molecule has 0 aliphatic heterocycles. The number of rotatable bonds is 4. The summed E-state index contributed by atoms with van der Waals surface area (Å²) in [6.45, 7) is 1.82. The monoisotopic (exact) mass is 351 g/mol. The Labute approximate surface area is 141 Å². The third kappa shape index (κ3) is 3.38. The molecule has 0 saturated carbocycles. The summed E-state index contributed by atoms with van der Waals surface area (Å²) in [5, 5.41) is 9.35. The van der Waals surface area contributed by atoms with Crippen molar-refractivity contribution >= 4 is 23.4 Å². The lowest BCUT2D eigenvalue weighted by Gasteiger charge is -2.09. The molecule has 0 atom stereocenters. The summed E-state index contributed by atoms with van der Waals surface area (Å²) in [4.78, 5) is 0. The second kappa shape index (κ2) is 6.68. The second-order valence-electron chi connectivity index (χ2n) is 4.85. The molecular weight excluding hydrogens is 340 g/mol. The highest BCUT2D eigenvalue weighted by molar-refractivity contribution is 7.98. The van der Waals surface area contributed by atoms with Gasteiger partial charge in [-0.25, -0.2) is 8.78 Å². The number of aromatic nitrogens is 3. The summed E-state index contributed by atoms with van der Waals surface area (Å²) in [6.07, 6.45) is 0. The summed E-state index contributed by atoms with van der Waals surface area (Å²) >= 11 is 7.31. The highest BCUT2D eigenvalue weighted by Crippen LogP contribution is 2.27. The van der Waals surface area contributed by atoms with Crippen LogP contribution in [0.5, 0.6) is 0 Å². The first-order valence-corrected chi connectivity index (χ1v) is 8.16. The Morgan fingerprint density at radius 1 is 1.13 bits per heavy atom. The molecule has 0 unspecified atom stereocenters. The van der Waals surface area contributed by atoms with Crippen LogP contribution in [0.4, 0.5) is 8.78 Å². The normalized spacial score (nSPS) is 11.0. The number of aryl methyl sites for hydroxylation is 1. The standard InChI is InChI=1S/C16H12ClF2N3S/c1-10-20-21-16(22(10)13-6-3-5-12(17)8-13)23-9-11-4-2-7-14(18)15(11)19/h2-8H,9H2,1H3. The fourth-order valence-corrected chi connectivity index (χ4v) is 3.31. The third-order valence-corrected chi connectivity index (χ3v) is 4.46. The minimum Gasteiger partial charge on any atom is -0.274 e. The molecule has 1 heterocycles. The number of nitrogens with zero attached hydrogens (tertiary/aromatic N) is 3. The summed E-state index contributed by atoms with van der Waals surface area (Å²) in [5.74, 6) is -0.738. The van der Waals surface area contributed by atoms with Gasteiger partial charge in [-0.15, -0.1) is 10.2 Å². The molecule has 0 aliphatic carbocycles. The van der Waals surface area contributed by atoms with Gasteiger partial charge in [0.1, 0.15) is 5.82 Å². The number of hydrogen-bond acceptors (Lipinski definition) is 3. The molecular formula is C16H12ClF2N3S. The maximum atomic E-state index is 13.7. The van der Waals surface area contributed by atoms with E-state index in [1.54, 1.807) is 18.2 Å². The van der Waals surface area contributed by atoms with Gasteiger partial charge in [-0.05, 0) is 31.2 Å². The van der Waals surface area contributed by atoms with Crippen LogP contribution in [0.25, 0.3) is 5.69 Å². The van der Waals surface area contributed by atoms with Crippen molar-refractivity contribution in [1.29, 1.82) is 0 Å². The van der Waals surface area contributed by atoms with Gasteiger partial charge in [0.15, 0.2) is 16.8 Å². The molecule has 118 valence electrons. The lowest BCUT2D eigenvalue weighted by Crippen LogP contribution is -2.00. The van der Waals surface area contributed by atoms with E-state index >= 15 is 0 Å². The summed E-state index contributed by atoms with van der Waals surface area (Å²) in [7, 11) is 0. The van der Waals surface area contributed by atoms with Crippen molar-refractivity contribution in [2.75, 3.05) is 0 Å². The second-order valence-corrected chi connectivity index (χ2v) is 6.23. The molecule has 0 aliphatic rings. The van der Waals surface area contributed by atoms with Crippen LogP contribution < -0.4 is 0 Å². The minimum absolute atomic E-state index is 0.252. The Balaban J connectivity index is 1.89. The molecule has 0 N–H and O–H groups in total. The van der Waals surface area contributed by atoms with Gasteiger partial charge in [-0.1, -0.05) is 41.6 Å². The number of benzene rings is 2. The van der Waals surface area contributed by atoms with Crippen molar-refractivity contribution in [3.63, 3.8) is 0 Å². The van der Waals surface area contributed by atoms with Gasteiger partial charge < -0.3 is 0 Å². The highest BCUT2D eigenvalue weighted by Gasteiger charge is 2.14. The van der Waals surface area contributed by atoms with Gasteiger partial charge in [0.2, 0.25) is 0 Å². The first-order valence-electron chi connectivity index (χ1n) is 6.80. The Morgan fingerprint density at radius 2 is 1.91 bits per heavy atom. The van der Waals surface area contributed by atoms with Crippen molar-refractivity contribution in [2.45, 2.75) is 17.8 Å². The maximum absolute atomic E-state index is 13.7. The van der Waals surface area contributed by atoms with Crippen LogP contribution in [0, 0.1) is 18.6 Å². The minimum atomic E-state index is -0.851. The molecule has 3 nitrogen and oxygen atoms in total. The van der Waals surface area contributed by atoms with Gasteiger partial charge >= 0.3 is 0 Å². The summed E-state index contributed by atoms with van der Waals surface area (Å²) < 4.78 is 28.8. The van der Waals surface area contributed by atoms with Gasteiger partial charge in [0.05, 0.1) is 5.69 Å². The van der Waals surface area contributed by atoms with Crippen molar-refractivity contribution in [3.05, 3.63) is 70.5 Å². The number of halogens is 3. The molecule has 0 bridgehead atoms. The lowest BCUT2D eigenvalue weighted by molar-refractivity contribution is 0.502. The van der Waals surface area contributed by atoms with E-state index in [1.807, 2.05) is 23.6 Å². The summed E-state index contributed by atoms with van der Waals surface area (Å²) in [5.41, 5.74) is 1.11. The Hall–Kier alpha value is -1.92. The zero-order valence-corrected chi connectivity index (χ0v) is 13.7. The van der Waals surface area contributed by atoms with E-state index in [0.717, 1.165) is 11.8 Å². The van der Waals surface area contributed by atoms with E-state index in [0.29, 0.717) is 16.0 Å². The first kappa shape index (κ1) is 16.0. The van der Waals surface area contributed by atoms with Crippen molar-refractivity contribution in [1.82, 2.24) is 14.8 Å². The van der Waals surface area contributed by atoms with Crippen molar-refractivity contribution in [2.24, 2.45) is 0 Å². The van der Waals surface area contributed by atoms with Crippen LogP contribution in [0.3, 0.4) is 0 Å². The van der Waals surface area contributed by atoms with Crippen LogP contribution in [-0.4, -0.2) is 14.8 Å². The van der Waals surface area contributed by atoms with Crippen LogP contribution in [0.2, 0.25) is 5.02 Å². The molecule has 1 aromatic heterocycles. The van der Waals surface area contributed by atoms with E-state index in [1.165, 1.54) is 17.8 Å². The third-order valence-electron chi connectivity index (χ3n) is 3.25. The molecule has 0 radical (unpaired) electrons. The SMILES string of the molecule is Cc1nnc(SCc2cccc(F)c2F)n1-c1cccc(Cl)c1. The zero-order chi connectivity index (χ0) is 16.4. The van der Waals surface area contributed by atoms with E-state index < -0.39 is 11.6 Å². The van der Waals surface area contributed by atoms with Crippen LogP contribution >= 0.6 is 23.4 Å². The fraction of sp³-hybridized carbons (Fsp3) is 0.125. The topological polar surface area (TPSA) is 30.7 Å². The maximum Gasteiger partial charge on any atom is 0.196 e. The zero-order valence-electron chi connectivity index (χ0n) is 12.1. The molecule has 0 amide bonds. The van der Waals surface area contributed by atoms with Gasteiger partial charge in [0, 0.05) is 16.3 Å². The predicted molar refractivity (Wildman–Crippen MR) is 87.0 cm³/mol. The molecule has 3 aromatic rings. The van der Waals surface area contributed by atoms with E-state index in [2.05, 4.69) is 10.2 Å². The van der Waals surface area contributed by atoms with Crippen molar-refractivity contribution in [3.8, 4) is 5.69 Å². The van der Waals surface area contributed by atoms with Gasteiger partial charge in [0.25, 0.3) is 0 Å². The predicted octanol–water partition coefficient (Wildman–Crippen LogP) is 4.80. The number of hydrogen-bond donors (Lipinski definition) is 0. The molecule has 0 saturated heterocycles. The quantitative estimate of drug-likeness (QED) is 0.632. The Morgan fingerprint density at radius 3 is 2.70 bits per heavy atom. The Bertz CT molecular complexity index is 851. The van der Waals surface area contributed by atoms with E-state index in [9.17, 15) is 8.78 Å². The molecule has 23 heavy (non-hydrogen) atoms. The highest BCUT2D eigenvalue weighted by atomic mass is 35.5. The average Bonchev–Trinajstić information content (AvgIpc) is 2.89. The van der Waals surface area contributed by atoms with Gasteiger partial charge in [-0.2, -0.15) is 0 Å². The molecule has 0 spiro atoms. The lowest BCUT2D eigenvalue weighted by atomic mass is 10.2. The Kier molecular flexibility index (Phi) is 4.63. The molecule has 3 rings (SSSR count).